The van der Waals surface area contributed by atoms with Crippen LogP contribution in [0.25, 0.3) is 6.08 Å². The number of aryl methyl sites for hydroxylation is 1. The fourth-order valence-corrected chi connectivity index (χ4v) is 0.485. The second-order valence-electron chi connectivity index (χ2n) is 1.50. The molecule has 42 valence electrons. The van der Waals surface area contributed by atoms with Crippen molar-refractivity contribution in [3.63, 3.8) is 0 Å². The molecule has 1 aromatic rings. The molecule has 1 aromatic heterocycles. The summed E-state index contributed by atoms with van der Waals surface area (Å²) >= 11 is 0. The van der Waals surface area contributed by atoms with Crippen molar-refractivity contribution < 1.29 is 0 Å². The number of hydrogen-bond donors (Lipinski definition) is 1. The third-order valence-electron chi connectivity index (χ3n) is 0.952. The molecule has 1 rings (SSSR count). The van der Waals surface area contributed by atoms with Crippen molar-refractivity contribution in [2.45, 2.75) is 6.92 Å². The van der Waals surface area contributed by atoms with E-state index in [0.29, 0.717) is 0 Å². The van der Waals surface area contributed by atoms with E-state index in [2.05, 4.69) is 22.0 Å². The largest absolute Gasteiger partial charge is 0.197 e. The summed E-state index contributed by atoms with van der Waals surface area (Å²) in [4.78, 5) is 0. The van der Waals surface area contributed by atoms with Crippen molar-refractivity contribution in [3.8, 4) is 0 Å². The number of H-pyrrole nitrogens is 1. The Kier molecular flexibility index (Phi) is 1.12. The standard InChI is InChI=1S/C5H7N3/c1-3-5-4(2)6-8-7-5/h3H,1H2,2H3,(H,6,7,8). The van der Waals surface area contributed by atoms with Crippen LogP contribution in [0.15, 0.2) is 6.58 Å². The van der Waals surface area contributed by atoms with Crippen molar-refractivity contribution in [2.75, 3.05) is 0 Å². The number of nitrogens with one attached hydrogen (secondary N) is 1. The monoisotopic (exact) mass is 109 g/mol. The van der Waals surface area contributed by atoms with E-state index in [1.807, 2.05) is 6.92 Å². The maximum atomic E-state index is 3.78. The van der Waals surface area contributed by atoms with Gasteiger partial charge in [-0.1, -0.05) is 6.58 Å². The van der Waals surface area contributed by atoms with Crippen LogP contribution in [0, 0.1) is 6.92 Å². The Morgan fingerprint density at radius 2 is 2.38 bits per heavy atom. The molecule has 0 saturated carbocycles. The van der Waals surface area contributed by atoms with Crippen LogP contribution in [0.4, 0.5) is 0 Å². The quantitative estimate of drug-likeness (QED) is 0.578. The lowest BCUT2D eigenvalue weighted by molar-refractivity contribution is 0.926. The van der Waals surface area contributed by atoms with Gasteiger partial charge in [0.15, 0.2) is 0 Å². The predicted molar refractivity (Wildman–Crippen MR) is 31.2 cm³/mol. The molecule has 0 fully saturated rings. The topological polar surface area (TPSA) is 41.6 Å². The van der Waals surface area contributed by atoms with E-state index in [1.165, 1.54) is 0 Å². The molecule has 8 heavy (non-hydrogen) atoms. The minimum atomic E-state index is 0.824. The first kappa shape index (κ1) is 5.03. The van der Waals surface area contributed by atoms with Crippen LogP contribution >= 0.6 is 0 Å². The summed E-state index contributed by atoms with van der Waals surface area (Å²) in [5, 5.41) is 10.0. The molecule has 0 aromatic carbocycles. The second kappa shape index (κ2) is 1.78. The van der Waals surface area contributed by atoms with Crippen molar-refractivity contribution in [1.82, 2.24) is 15.4 Å². The first-order valence-electron chi connectivity index (χ1n) is 2.34. The normalized spacial score (nSPS) is 9.12. The van der Waals surface area contributed by atoms with Gasteiger partial charge in [0, 0.05) is 0 Å². The van der Waals surface area contributed by atoms with Gasteiger partial charge in [0.05, 0.1) is 5.69 Å². The van der Waals surface area contributed by atoms with Gasteiger partial charge in [0.25, 0.3) is 0 Å². The number of aromatic nitrogens is 3. The number of aromatic amines is 1. The van der Waals surface area contributed by atoms with Crippen molar-refractivity contribution in [3.05, 3.63) is 18.0 Å². The van der Waals surface area contributed by atoms with E-state index in [0.717, 1.165) is 11.4 Å². The van der Waals surface area contributed by atoms with Gasteiger partial charge >= 0.3 is 0 Å². The Hall–Kier alpha value is -1.12. The summed E-state index contributed by atoms with van der Waals surface area (Å²) in [5.41, 5.74) is 1.71. The summed E-state index contributed by atoms with van der Waals surface area (Å²) in [6, 6.07) is 0. The first-order valence-corrected chi connectivity index (χ1v) is 2.34. The first-order chi connectivity index (χ1) is 3.84. The SMILES string of the molecule is C=Cc1n[nH]nc1C. The van der Waals surface area contributed by atoms with Crippen LogP contribution < -0.4 is 0 Å². The molecule has 0 aliphatic heterocycles. The van der Waals surface area contributed by atoms with E-state index in [4.69, 9.17) is 0 Å². The molecule has 0 aliphatic rings. The summed E-state index contributed by atoms with van der Waals surface area (Å²) in [6.45, 7) is 5.42. The summed E-state index contributed by atoms with van der Waals surface area (Å²) in [5.74, 6) is 0. The van der Waals surface area contributed by atoms with Crippen molar-refractivity contribution >= 4 is 6.08 Å². The molecule has 0 bridgehead atoms. The zero-order valence-corrected chi connectivity index (χ0v) is 4.68. The van der Waals surface area contributed by atoms with E-state index in [9.17, 15) is 0 Å². The second-order valence-corrected chi connectivity index (χ2v) is 1.50. The number of hydrogen-bond acceptors (Lipinski definition) is 2. The molecule has 0 radical (unpaired) electrons. The van der Waals surface area contributed by atoms with Crippen LogP contribution in [0.2, 0.25) is 0 Å². The Morgan fingerprint density at radius 3 is 2.62 bits per heavy atom. The molecule has 3 nitrogen and oxygen atoms in total. The molecule has 0 amide bonds. The Balaban J connectivity index is 3.09. The van der Waals surface area contributed by atoms with Gasteiger partial charge in [-0.05, 0) is 13.0 Å². The van der Waals surface area contributed by atoms with Gasteiger partial charge in [0.2, 0.25) is 0 Å². The maximum absolute atomic E-state index is 3.78. The third kappa shape index (κ3) is 0.621. The molecule has 0 atom stereocenters. The average Bonchev–Trinajstić information content (AvgIpc) is 2.14. The lowest BCUT2D eigenvalue weighted by atomic mass is 10.3. The number of rotatable bonds is 1. The van der Waals surface area contributed by atoms with Gasteiger partial charge in [-0.3, -0.25) is 0 Å². The molecule has 0 saturated heterocycles. The predicted octanol–water partition coefficient (Wildman–Crippen LogP) is 0.756. The molecular weight excluding hydrogens is 102 g/mol. The highest BCUT2D eigenvalue weighted by atomic mass is 15.3. The molecular formula is C5H7N3. The van der Waals surface area contributed by atoms with Crippen molar-refractivity contribution in [2.24, 2.45) is 0 Å². The Bertz CT molecular complexity index is 189. The smallest absolute Gasteiger partial charge is 0.107 e. The fourth-order valence-electron chi connectivity index (χ4n) is 0.485. The van der Waals surface area contributed by atoms with E-state index < -0.39 is 0 Å². The van der Waals surface area contributed by atoms with Crippen molar-refractivity contribution in [1.29, 1.82) is 0 Å². The van der Waals surface area contributed by atoms with Gasteiger partial charge in [-0.2, -0.15) is 15.4 Å². The van der Waals surface area contributed by atoms with Gasteiger partial charge in [-0.25, -0.2) is 0 Å². The maximum Gasteiger partial charge on any atom is 0.107 e. The van der Waals surface area contributed by atoms with E-state index in [1.54, 1.807) is 6.08 Å². The van der Waals surface area contributed by atoms with Gasteiger partial charge < -0.3 is 0 Å². The highest BCUT2D eigenvalue weighted by molar-refractivity contribution is 5.42. The van der Waals surface area contributed by atoms with Crippen LogP contribution in [0.1, 0.15) is 11.4 Å². The minimum absolute atomic E-state index is 0.824. The summed E-state index contributed by atoms with van der Waals surface area (Å²) in [6.07, 6.45) is 1.67. The van der Waals surface area contributed by atoms with Gasteiger partial charge in [-0.15, -0.1) is 0 Å². The van der Waals surface area contributed by atoms with Gasteiger partial charge in [0.1, 0.15) is 5.69 Å². The Morgan fingerprint density at radius 1 is 1.62 bits per heavy atom. The molecule has 3 heteroatoms. The third-order valence-corrected chi connectivity index (χ3v) is 0.952. The number of nitrogens with zero attached hydrogens (tertiary/aromatic N) is 2. The average molecular weight is 109 g/mol. The fraction of sp³-hybridized carbons (Fsp3) is 0.200. The van der Waals surface area contributed by atoms with Crippen LogP contribution in [0.5, 0.6) is 0 Å². The zero-order valence-electron chi connectivity index (χ0n) is 4.68. The highest BCUT2D eigenvalue weighted by Crippen LogP contribution is 1.97. The summed E-state index contributed by atoms with van der Waals surface area (Å²) < 4.78 is 0. The molecule has 0 unspecified atom stereocenters. The Labute approximate surface area is 47.4 Å². The summed E-state index contributed by atoms with van der Waals surface area (Å²) in [7, 11) is 0. The molecule has 0 spiro atoms. The van der Waals surface area contributed by atoms with E-state index >= 15 is 0 Å². The molecule has 1 heterocycles. The molecule has 1 N–H and O–H groups in total. The van der Waals surface area contributed by atoms with Crippen LogP contribution in [-0.4, -0.2) is 15.4 Å². The van der Waals surface area contributed by atoms with Crippen LogP contribution in [-0.2, 0) is 0 Å². The highest BCUT2D eigenvalue weighted by Gasteiger charge is 1.93. The molecule has 0 aliphatic carbocycles. The van der Waals surface area contributed by atoms with Crippen LogP contribution in [0.3, 0.4) is 0 Å². The van der Waals surface area contributed by atoms with E-state index in [-0.39, 0.29) is 0 Å². The lowest BCUT2D eigenvalue weighted by Gasteiger charge is -1.77. The minimum Gasteiger partial charge on any atom is -0.197 e. The zero-order chi connectivity index (χ0) is 5.98. The lowest BCUT2D eigenvalue weighted by Crippen LogP contribution is -1.72.